The number of aromatic nitrogens is 2. The molecule has 6 nitrogen and oxygen atoms in total. The monoisotopic (exact) mass is 184 g/mol. The first-order valence-corrected chi connectivity index (χ1v) is 3.48. The van der Waals surface area contributed by atoms with E-state index in [1.165, 1.54) is 6.92 Å². The molecule has 1 aromatic rings. The molecule has 0 fully saturated rings. The van der Waals surface area contributed by atoms with Gasteiger partial charge in [-0.25, -0.2) is 4.79 Å². The standard InChI is InChI=1S/C7H8N2O4/c1-5-6(7(10)13-2)9(12)4-3-8(5)11/h3-4H,1-2H3. The summed E-state index contributed by atoms with van der Waals surface area (Å²) in [5.74, 6) is -0.822. The lowest BCUT2D eigenvalue weighted by Gasteiger charge is -2.10. The third-order valence-electron chi connectivity index (χ3n) is 1.61. The van der Waals surface area contributed by atoms with Crippen LogP contribution in [-0.4, -0.2) is 17.8 Å². The number of carbonyl (C=O) groups excluding carboxylic acids is 1. The van der Waals surface area contributed by atoms with Crippen molar-refractivity contribution in [2.75, 3.05) is 7.11 Å². The van der Waals surface area contributed by atoms with Crippen molar-refractivity contribution in [1.29, 1.82) is 0 Å². The summed E-state index contributed by atoms with van der Waals surface area (Å²) in [7, 11) is 1.14. The lowest BCUT2D eigenvalue weighted by molar-refractivity contribution is -0.500. The van der Waals surface area contributed by atoms with Crippen LogP contribution in [-0.2, 0) is 4.74 Å². The number of esters is 1. The molecule has 1 rings (SSSR count). The van der Waals surface area contributed by atoms with Crippen LogP contribution >= 0.6 is 0 Å². The predicted molar refractivity (Wildman–Crippen MR) is 42.6 cm³/mol. The molecule has 0 unspecified atom stereocenters. The Bertz CT molecular complexity index is 396. The Labute approximate surface area is 73.6 Å². The molecule has 13 heavy (non-hydrogen) atoms. The second-order valence-electron chi connectivity index (χ2n) is 2.38. The fourth-order valence-corrected chi connectivity index (χ4v) is 0.906. The summed E-state index contributed by atoms with van der Waals surface area (Å²) < 4.78 is 5.07. The fourth-order valence-electron chi connectivity index (χ4n) is 0.906. The van der Waals surface area contributed by atoms with Gasteiger partial charge in [0.2, 0.25) is 6.20 Å². The zero-order valence-corrected chi connectivity index (χ0v) is 7.18. The van der Waals surface area contributed by atoms with E-state index in [0.29, 0.717) is 9.16 Å². The van der Waals surface area contributed by atoms with Gasteiger partial charge >= 0.3 is 11.7 Å². The highest BCUT2D eigenvalue weighted by molar-refractivity contribution is 5.86. The van der Waals surface area contributed by atoms with Crippen LogP contribution in [0.5, 0.6) is 0 Å². The van der Waals surface area contributed by atoms with Crippen molar-refractivity contribution >= 4 is 5.97 Å². The highest BCUT2D eigenvalue weighted by Gasteiger charge is 2.23. The zero-order chi connectivity index (χ0) is 10.0. The van der Waals surface area contributed by atoms with E-state index in [2.05, 4.69) is 4.74 Å². The summed E-state index contributed by atoms with van der Waals surface area (Å²) in [5, 5.41) is 11.0. The van der Waals surface area contributed by atoms with Gasteiger partial charge in [0.15, 0.2) is 0 Å². The van der Waals surface area contributed by atoms with Crippen molar-refractivity contribution < 1.29 is 14.0 Å². The first-order valence-electron chi connectivity index (χ1n) is 3.48. The lowest BCUT2D eigenvalue weighted by Crippen LogP contribution is -2.29. The van der Waals surface area contributed by atoms with Gasteiger partial charge < -0.3 is 14.7 Å². The Morgan fingerprint density at radius 2 is 2.31 bits per heavy atom. The summed E-state index contributed by atoms with van der Waals surface area (Å²) in [5.41, 5.74) is -0.274. The third-order valence-corrected chi connectivity index (χ3v) is 1.61. The number of carbonyl (C=O) groups is 1. The maximum atomic E-state index is 11.1. The zero-order valence-electron chi connectivity index (χ0n) is 7.18. The largest absolute Gasteiger partial charge is 0.805 e. The third kappa shape index (κ3) is 1.51. The van der Waals surface area contributed by atoms with Crippen molar-refractivity contribution in [3.05, 3.63) is 33.9 Å². The number of rotatable bonds is 1. The van der Waals surface area contributed by atoms with Gasteiger partial charge in [0.05, 0.1) is 23.4 Å². The van der Waals surface area contributed by atoms with Crippen molar-refractivity contribution in [3.63, 3.8) is 0 Å². The van der Waals surface area contributed by atoms with Gasteiger partial charge in [-0.05, 0) is 6.92 Å². The smallest absolute Gasteiger partial charge is 0.410 e. The molecular weight excluding hydrogens is 176 g/mol. The van der Waals surface area contributed by atoms with E-state index < -0.39 is 5.97 Å². The molecule has 0 aliphatic heterocycles. The molecule has 0 aromatic carbocycles. The Hall–Kier alpha value is -1.85. The van der Waals surface area contributed by atoms with Crippen LogP contribution in [0.2, 0.25) is 0 Å². The topological polar surface area (TPSA) is 77.3 Å². The van der Waals surface area contributed by atoms with Crippen LogP contribution < -0.4 is 4.43 Å². The van der Waals surface area contributed by atoms with E-state index in [0.717, 1.165) is 19.5 Å². The molecule has 0 bridgehead atoms. The molecule has 0 aliphatic rings. The van der Waals surface area contributed by atoms with Gasteiger partial charge in [-0.3, -0.25) is 0 Å². The van der Waals surface area contributed by atoms with E-state index in [1.807, 2.05) is 0 Å². The van der Waals surface area contributed by atoms with Gasteiger partial charge in [0.1, 0.15) is 0 Å². The molecule has 0 saturated heterocycles. The number of methoxy groups -OCH3 is 1. The van der Waals surface area contributed by atoms with Gasteiger partial charge in [-0.1, -0.05) is 0 Å². The van der Waals surface area contributed by atoms with Crippen molar-refractivity contribution in [1.82, 2.24) is 4.73 Å². The maximum Gasteiger partial charge on any atom is 0.410 e. The normalized spacial score (nSPS) is 9.69. The first-order chi connectivity index (χ1) is 6.07. The molecule has 0 saturated carbocycles. The number of ether oxygens (including phenoxy) is 1. The maximum absolute atomic E-state index is 11.1. The molecule has 0 amide bonds. The van der Waals surface area contributed by atoms with E-state index in [9.17, 15) is 14.9 Å². The summed E-state index contributed by atoms with van der Waals surface area (Å²) in [6.45, 7) is 1.37. The fraction of sp³-hybridized carbons (Fsp3) is 0.286. The summed E-state index contributed by atoms with van der Waals surface area (Å²) in [6.07, 6.45) is 1.97. The van der Waals surface area contributed by atoms with Crippen LogP contribution in [0.25, 0.3) is 0 Å². The summed E-state index contributed by atoms with van der Waals surface area (Å²) in [4.78, 5) is 22.1. The minimum absolute atomic E-state index is 0.0179. The Morgan fingerprint density at radius 1 is 1.69 bits per heavy atom. The van der Waals surface area contributed by atoms with Gasteiger partial charge in [-0.15, -0.1) is 0 Å². The molecular formula is C7H8N2O4. The molecule has 6 heteroatoms. The molecule has 1 aromatic heterocycles. The molecule has 0 radical (unpaired) electrons. The minimum atomic E-state index is -0.822. The van der Waals surface area contributed by atoms with E-state index >= 15 is 0 Å². The second kappa shape index (κ2) is 3.26. The first kappa shape index (κ1) is 9.24. The van der Waals surface area contributed by atoms with Gasteiger partial charge in [-0.2, -0.15) is 0 Å². The van der Waals surface area contributed by atoms with Crippen LogP contribution in [0.1, 0.15) is 16.2 Å². The molecule has 0 N–H and O–H groups in total. The second-order valence-corrected chi connectivity index (χ2v) is 2.38. The minimum Gasteiger partial charge on any atom is -0.805 e. The summed E-state index contributed by atoms with van der Waals surface area (Å²) >= 11 is 0. The van der Waals surface area contributed by atoms with Crippen molar-refractivity contribution in [2.24, 2.45) is 0 Å². The van der Waals surface area contributed by atoms with E-state index in [4.69, 9.17) is 0 Å². The van der Waals surface area contributed by atoms with Crippen LogP contribution in [0.15, 0.2) is 12.4 Å². The van der Waals surface area contributed by atoms with Gasteiger partial charge in [0, 0.05) is 4.91 Å². The van der Waals surface area contributed by atoms with Crippen molar-refractivity contribution in [3.8, 4) is 0 Å². The van der Waals surface area contributed by atoms with Gasteiger partial charge in [0.25, 0.3) is 0 Å². The van der Waals surface area contributed by atoms with E-state index in [-0.39, 0.29) is 11.4 Å². The van der Waals surface area contributed by atoms with Crippen LogP contribution in [0, 0.1) is 17.0 Å². The lowest BCUT2D eigenvalue weighted by atomic mass is 10.3. The molecule has 1 heterocycles. The van der Waals surface area contributed by atoms with E-state index in [1.54, 1.807) is 0 Å². The average molecular weight is 184 g/mol. The van der Waals surface area contributed by atoms with Crippen LogP contribution in [0.4, 0.5) is 0 Å². The summed E-state index contributed by atoms with van der Waals surface area (Å²) in [6, 6.07) is 0. The highest BCUT2D eigenvalue weighted by Crippen LogP contribution is 2.01. The molecule has 0 spiro atoms. The molecule has 70 valence electrons. The van der Waals surface area contributed by atoms with Crippen molar-refractivity contribution in [2.45, 2.75) is 6.92 Å². The quantitative estimate of drug-likeness (QED) is 0.449. The number of hydrogen-bond acceptors (Lipinski definition) is 4. The van der Waals surface area contributed by atoms with Crippen LogP contribution in [0.3, 0.4) is 0 Å². The Balaban J connectivity index is 3.42. The molecule has 0 atom stereocenters. The highest BCUT2D eigenvalue weighted by atomic mass is 16.5. The SMILES string of the molecule is COC(=O)c1c(C)n([O-])cc[n+]1=O. The number of hydrogen-bond donors (Lipinski definition) is 0. The predicted octanol–water partition coefficient (Wildman–Crippen LogP) is -0.156. The molecule has 0 aliphatic carbocycles. The number of nitrogens with zero attached hydrogens (tertiary/aromatic N) is 2. The Morgan fingerprint density at radius 3 is 2.85 bits per heavy atom. The average Bonchev–Trinajstić information content (AvgIpc) is 2.12. The Kier molecular flexibility index (Phi) is 2.32.